The molecule has 0 heterocycles. The zero-order valence-corrected chi connectivity index (χ0v) is 19.9. The van der Waals surface area contributed by atoms with E-state index >= 15 is 0 Å². The molecule has 0 aliphatic heterocycles. The largest absolute Gasteiger partial charge is 0.491 e. The second kappa shape index (κ2) is 15.7. The molecule has 34 heavy (non-hydrogen) atoms. The van der Waals surface area contributed by atoms with Gasteiger partial charge in [-0.2, -0.15) is 5.26 Å². The minimum Gasteiger partial charge on any atom is -0.491 e. The summed E-state index contributed by atoms with van der Waals surface area (Å²) >= 11 is 0. The molecule has 178 valence electrons. The summed E-state index contributed by atoms with van der Waals surface area (Å²) in [6.07, 6.45) is 6.24. The summed E-state index contributed by atoms with van der Waals surface area (Å²) in [4.78, 5) is 0. The fourth-order valence-corrected chi connectivity index (χ4v) is 3.68. The molecule has 0 bridgehead atoms. The van der Waals surface area contributed by atoms with E-state index in [1.54, 1.807) is 12.1 Å². The van der Waals surface area contributed by atoms with Gasteiger partial charge in [-0.25, -0.2) is 0 Å². The number of hydrogen-bond acceptors (Lipinski definition) is 4. The van der Waals surface area contributed by atoms with Crippen LogP contribution in [0.15, 0.2) is 84.9 Å². The highest BCUT2D eigenvalue weighted by Crippen LogP contribution is 2.13. The number of nitrogens with zero attached hydrogens (tertiary/aromatic N) is 1. The number of nitriles is 1. The van der Waals surface area contributed by atoms with Gasteiger partial charge in [0.15, 0.2) is 0 Å². The smallest absolute Gasteiger partial charge is 0.119 e. The molecule has 4 heteroatoms. The molecule has 0 saturated carbocycles. The van der Waals surface area contributed by atoms with Crippen molar-refractivity contribution in [1.82, 2.24) is 0 Å². The third-order valence-electron chi connectivity index (χ3n) is 5.63. The Balaban J connectivity index is 1.36. The lowest BCUT2D eigenvalue weighted by atomic mass is 10.1. The van der Waals surface area contributed by atoms with E-state index in [4.69, 9.17) is 19.5 Å². The summed E-state index contributed by atoms with van der Waals surface area (Å²) < 4.78 is 18.0. The lowest BCUT2D eigenvalue weighted by Gasteiger charge is -2.19. The molecule has 3 aromatic carbocycles. The standard InChI is InChI=1S/C30H35NO3/c31-23-28-17-19-29(20-18-28)34-25-30(33-22-10-8-16-27-13-5-2-6-14-27)24-32-21-9-7-15-26-11-3-1-4-12-26/h1-6,11-14,17-20,30H,7-10,15-16,21-22,24-25H2. The van der Waals surface area contributed by atoms with Gasteiger partial charge in [0, 0.05) is 13.2 Å². The molecular formula is C30H35NO3. The van der Waals surface area contributed by atoms with E-state index < -0.39 is 0 Å². The fourth-order valence-electron chi connectivity index (χ4n) is 3.68. The second-order valence-electron chi connectivity index (χ2n) is 8.40. The van der Waals surface area contributed by atoms with Crippen molar-refractivity contribution in [2.75, 3.05) is 26.4 Å². The van der Waals surface area contributed by atoms with Crippen molar-refractivity contribution in [2.45, 2.75) is 44.6 Å². The molecule has 0 spiro atoms. The van der Waals surface area contributed by atoms with E-state index in [2.05, 4.69) is 54.6 Å². The number of ether oxygens (including phenoxy) is 3. The van der Waals surface area contributed by atoms with Crippen LogP contribution in [-0.2, 0) is 22.3 Å². The van der Waals surface area contributed by atoms with Crippen LogP contribution in [0.3, 0.4) is 0 Å². The summed E-state index contributed by atoms with van der Waals surface area (Å²) in [5.74, 6) is 0.736. The lowest BCUT2D eigenvalue weighted by Crippen LogP contribution is -2.28. The van der Waals surface area contributed by atoms with Crippen LogP contribution in [0.5, 0.6) is 5.75 Å². The molecule has 0 fully saturated rings. The number of unbranched alkanes of at least 4 members (excludes halogenated alkanes) is 2. The quantitative estimate of drug-likeness (QED) is 0.234. The average Bonchev–Trinajstić information content (AvgIpc) is 2.90. The SMILES string of the molecule is N#Cc1ccc(OCC(COCCCCc2ccccc2)OCCCCc2ccccc2)cc1. The first-order valence-electron chi connectivity index (χ1n) is 12.2. The molecule has 1 unspecified atom stereocenters. The Morgan fingerprint density at radius 3 is 1.82 bits per heavy atom. The van der Waals surface area contributed by atoms with E-state index in [0.717, 1.165) is 50.9 Å². The lowest BCUT2D eigenvalue weighted by molar-refractivity contribution is -0.0387. The Labute approximate surface area is 204 Å². The van der Waals surface area contributed by atoms with Crippen LogP contribution in [0.2, 0.25) is 0 Å². The average molecular weight is 458 g/mol. The van der Waals surface area contributed by atoms with Crippen LogP contribution < -0.4 is 4.74 Å². The van der Waals surface area contributed by atoms with E-state index in [1.807, 2.05) is 24.3 Å². The summed E-state index contributed by atoms with van der Waals surface area (Å²) in [6.45, 7) is 2.35. The molecule has 0 aliphatic rings. The summed E-state index contributed by atoms with van der Waals surface area (Å²) in [5.41, 5.74) is 3.36. The second-order valence-corrected chi connectivity index (χ2v) is 8.40. The van der Waals surface area contributed by atoms with Crippen molar-refractivity contribution < 1.29 is 14.2 Å². The Morgan fingerprint density at radius 2 is 1.24 bits per heavy atom. The number of benzene rings is 3. The zero-order chi connectivity index (χ0) is 23.7. The van der Waals surface area contributed by atoms with Crippen molar-refractivity contribution in [1.29, 1.82) is 5.26 Å². The minimum absolute atomic E-state index is 0.124. The van der Waals surface area contributed by atoms with Crippen LogP contribution in [0.4, 0.5) is 0 Å². The van der Waals surface area contributed by atoms with Crippen LogP contribution in [-0.4, -0.2) is 32.5 Å². The van der Waals surface area contributed by atoms with Gasteiger partial charge in [-0.1, -0.05) is 60.7 Å². The monoisotopic (exact) mass is 457 g/mol. The van der Waals surface area contributed by atoms with Crippen molar-refractivity contribution >= 4 is 0 Å². The van der Waals surface area contributed by atoms with Crippen molar-refractivity contribution in [3.63, 3.8) is 0 Å². The van der Waals surface area contributed by atoms with Gasteiger partial charge in [0.2, 0.25) is 0 Å². The summed E-state index contributed by atoms with van der Waals surface area (Å²) in [7, 11) is 0. The Hall–Kier alpha value is -3.13. The predicted octanol–water partition coefficient (Wildman–Crippen LogP) is 6.38. The molecule has 3 rings (SSSR count). The van der Waals surface area contributed by atoms with Gasteiger partial charge in [0.25, 0.3) is 0 Å². The maximum absolute atomic E-state index is 8.96. The highest BCUT2D eigenvalue weighted by Gasteiger charge is 2.11. The number of hydrogen-bond donors (Lipinski definition) is 0. The van der Waals surface area contributed by atoms with Gasteiger partial charge >= 0.3 is 0 Å². The predicted molar refractivity (Wildman–Crippen MR) is 136 cm³/mol. The van der Waals surface area contributed by atoms with Gasteiger partial charge in [-0.3, -0.25) is 0 Å². The van der Waals surface area contributed by atoms with Gasteiger partial charge in [-0.15, -0.1) is 0 Å². The van der Waals surface area contributed by atoms with Crippen LogP contribution >= 0.6 is 0 Å². The minimum atomic E-state index is -0.124. The molecule has 1 atom stereocenters. The van der Waals surface area contributed by atoms with Crippen molar-refractivity contribution in [3.8, 4) is 11.8 Å². The first kappa shape index (κ1) is 25.5. The maximum Gasteiger partial charge on any atom is 0.119 e. The van der Waals surface area contributed by atoms with Gasteiger partial charge in [0.1, 0.15) is 18.5 Å². The van der Waals surface area contributed by atoms with E-state index in [0.29, 0.717) is 25.4 Å². The van der Waals surface area contributed by atoms with Gasteiger partial charge < -0.3 is 14.2 Å². The first-order valence-corrected chi connectivity index (χ1v) is 12.2. The highest BCUT2D eigenvalue weighted by atomic mass is 16.6. The molecule has 0 aromatic heterocycles. The Bertz CT molecular complexity index is 952. The molecule has 0 amide bonds. The van der Waals surface area contributed by atoms with Crippen LogP contribution in [0.1, 0.15) is 42.4 Å². The summed E-state index contributed by atoms with van der Waals surface area (Å²) in [5, 5.41) is 8.96. The van der Waals surface area contributed by atoms with Crippen LogP contribution in [0.25, 0.3) is 0 Å². The van der Waals surface area contributed by atoms with Gasteiger partial charge in [0.05, 0.1) is 18.2 Å². The highest BCUT2D eigenvalue weighted by molar-refractivity contribution is 5.34. The molecule has 4 nitrogen and oxygen atoms in total. The summed E-state index contributed by atoms with van der Waals surface area (Å²) in [6, 6.07) is 30.4. The van der Waals surface area contributed by atoms with Crippen LogP contribution in [0, 0.1) is 11.3 Å². The fraction of sp³-hybridized carbons (Fsp3) is 0.367. The normalized spacial score (nSPS) is 11.6. The molecule has 0 N–H and O–H groups in total. The molecule has 3 aromatic rings. The molecule has 0 radical (unpaired) electrons. The maximum atomic E-state index is 8.96. The van der Waals surface area contributed by atoms with E-state index in [-0.39, 0.29) is 6.10 Å². The first-order chi connectivity index (χ1) is 16.8. The van der Waals surface area contributed by atoms with Crippen molar-refractivity contribution in [3.05, 3.63) is 102 Å². The van der Waals surface area contributed by atoms with E-state index in [1.165, 1.54) is 11.1 Å². The van der Waals surface area contributed by atoms with Crippen molar-refractivity contribution in [2.24, 2.45) is 0 Å². The number of aryl methyl sites for hydroxylation is 2. The molecule has 0 aliphatic carbocycles. The Kier molecular flexibility index (Phi) is 11.7. The number of rotatable bonds is 16. The third-order valence-corrected chi connectivity index (χ3v) is 5.63. The zero-order valence-electron chi connectivity index (χ0n) is 19.9. The topological polar surface area (TPSA) is 51.5 Å². The molecular weight excluding hydrogens is 422 g/mol. The Morgan fingerprint density at radius 1 is 0.647 bits per heavy atom. The third kappa shape index (κ3) is 10.2. The molecule has 0 saturated heterocycles. The van der Waals surface area contributed by atoms with Gasteiger partial charge in [-0.05, 0) is 73.9 Å². The van der Waals surface area contributed by atoms with E-state index in [9.17, 15) is 0 Å².